The molecule has 0 spiro atoms. The van der Waals surface area contributed by atoms with Crippen molar-refractivity contribution < 1.29 is 14.4 Å². The lowest BCUT2D eigenvalue weighted by Gasteiger charge is -2.24. The van der Waals surface area contributed by atoms with Crippen molar-refractivity contribution in [2.45, 2.75) is 38.8 Å². The lowest BCUT2D eigenvalue weighted by atomic mass is 9.93. The number of nitrogens with zero attached hydrogens (tertiary/aromatic N) is 2. The van der Waals surface area contributed by atoms with Gasteiger partial charge >= 0.3 is 6.03 Å². The fraction of sp³-hybridized carbons (Fsp3) is 0.471. The van der Waals surface area contributed by atoms with Gasteiger partial charge in [0.25, 0.3) is 5.91 Å². The maximum absolute atomic E-state index is 12.5. The van der Waals surface area contributed by atoms with Crippen LogP contribution in [0.15, 0.2) is 24.3 Å². The van der Waals surface area contributed by atoms with E-state index >= 15 is 0 Å². The molecule has 0 atom stereocenters. The van der Waals surface area contributed by atoms with Crippen molar-refractivity contribution in [2.24, 2.45) is 0 Å². The second-order valence-corrected chi connectivity index (χ2v) is 6.43. The van der Waals surface area contributed by atoms with E-state index in [0.29, 0.717) is 24.4 Å². The Morgan fingerprint density at radius 1 is 1.29 bits per heavy atom. The Hall–Kier alpha value is -2.08. The standard InChI is InChI=1S/C17H22ClN3O3/c1-4-17(5-2)15(23)21(16(24)19-17)11-14(22)20(3)10-12-7-6-8-13(18)9-12/h6-9H,4-5,10-11H2,1-3H3,(H,19,24). The molecular formula is C17H22ClN3O3. The number of benzene rings is 1. The minimum absolute atomic E-state index is 0.260. The number of hydrogen-bond donors (Lipinski definition) is 1. The SMILES string of the molecule is CCC1(CC)NC(=O)N(CC(=O)N(C)Cc2cccc(Cl)c2)C1=O. The molecule has 1 aliphatic heterocycles. The van der Waals surface area contributed by atoms with Gasteiger partial charge in [0.2, 0.25) is 5.91 Å². The molecule has 1 saturated heterocycles. The van der Waals surface area contributed by atoms with Crippen LogP contribution >= 0.6 is 11.6 Å². The number of carbonyl (C=O) groups excluding carboxylic acids is 3. The first kappa shape index (κ1) is 18.3. The Morgan fingerprint density at radius 2 is 1.96 bits per heavy atom. The Bertz CT molecular complexity index is 658. The molecule has 7 heteroatoms. The Morgan fingerprint density at radius 3 is 2.50 bits per heavy atom. The van der Waals surface area contributed by atoms with Gasteiger partial charge in [0.1, 0.15) is 12.1 Å². The quantitative estimate of drug-likeness (QED) is 0.800. The number of urea groups is 1. The molecule has 1 fully saturated rings. The van der Waals surface area contributed by atoms with E-state index in [9.17, 15) is 14.4 Å². The normalized spacial score (nSPS) is 16.2. The van der Waals surface area contributed by atoms with Gasteiger partial charge in [-0.25, -0.2) is 4.79 Å². The summed E-state index contributed by atoms with van der Waals surface area (Å²) in [5.41, 5.74) is -0.00453. The van der Waals surface area contributed by atoms with E-state index in [0.717, 1.165) is 10.5 Å². The number of imide groups is 1. The van der Waals surface area contributed by atoms with E-state index in [-0.39, 0.29) is 18.4 Å². The van der Waals surface area contributed by atoms with Gasteiger partial charge in [-0.2, -0.15) is 0 Å². The van der Waals surface area contributed by atoms with Gasteiger partial charge in [0, 0.05) is 18.6 Å². The largest absolute Gasteiger partial charge is 0.340 e. The number of nitrogens with one attached hydrogen (secondary N) is 1. The number of halogens is 1. The fourth-order valence-electron chi connectivity index (χ4n) is 2.80. The zero-order chi connectivity index (χ0) is 17.9. The molecule has 0 unspecified atom stereocenters. The Labute approximate surface area is 146 Å². The van der Waals surface area contributed by atoms with Crippen molar-refractivity contribution in [1.29, 1.82) is 0 Å². The molecule has 0 radical (unpaired) electrons. The number of amides is 4. The van der Waals surface area contributed by atoms with Gasteiger partial charge in [-0.05, 0) is 30.5 Å². The molecule has 130 valence electrons. The molecule has 1 aliphatic rings. The highest BCUT2D eigenvalue weighted by molar-refractivity contribution is 6.30. The molecular weight excluding hydrogens is 330 g/mol. The lowest BCUT2D eigenvalue weighted by Crippen LogP contribution is -2.46. The molecule has 1 aromatic carbocycles. The third-order valence-electron chi connectivity index (χ3n) is 4.48. The molecule has 1 aromatic rings. The van der Waals surface area contributed by atoms with Crippen LogP contribution in [0.4, 0.5) is 4.79 Å². The van der Waals surface area contributed by atoms with Crippen LogP contribution in [0.3, 0.4) is 0 Å². The van der Waals surface area contributed by atoms with Gasteiger partial charge in [-0.15, -0.1) is 0 Å². The third kappa shape index (κ3) is 3.53. The molecule has 0 bridgehead atoms. The monoisotopic (exact) mass is 351 g/mol. The average molecular weight is 352 g/mol. The molecule has 0 aromatic heterocycles. The van der Waals surface area contributed by atoms with Crippen LogP contribution in [0.25, 0.3) is 0 Å². The minimum Gasteiger partial charge on any atom is -0.340 e. The zero-order valence-corrected chi connectivity index (χ0v) is 14.9. The lowest BCUT2D eigenvalue weighted by molar-refractivity contribution is -0.138. The van der Waals surface area contributed by atoms with Crippen LogP contribution in [-0.4, -0.2) is 46.8 Å². The van der Waals surface area contributed by atoms with Crippen LogP contribution in [-0.2, 0) is 16.1 Å². The molecule has 0 aliphatic carbocycles. The van der Waals surface area contributed by atoms with E-state index in [4.69, 9.17) is 11.6 Å². The number of rotatable bonds is 6. The molecule has 2 rings (SSSR count). The predicted molar refractivity (Wildman–Crippen MR) is 91.5 cm³/mol. The van der Waals surface area contributed by atoms with Crippen molar-refractivity contribution >= 4 is 29.4 Å². The molecule has 4 amide bonds. The summed E-state index contributed by atoms with van der Waals surface area (Å²) in [7, 11) is 1.63. The summed E-state index contributed by atoms with van der Waals surface area (Å²) in [5.74, 6) is -0.636. The van der Waals surface area contributed by atoms with Gasteiger partial charge in [0.05, 0.1) is 0 Å². The Kier molecular flexibility index (Phi) is 5.49. The topological polar surface area (TPSA) is 69.7 Å². The van der Waals surface area contributed by atoms with E-state index in [2.05, 4.69) is 5.32 Å². The van der Waals surface area contributed by atoms with Crippen LogP contribution < -0.4 is 5.32 Å². The van der Waals surface area contributed by atoms with Crippen molar-refractivity contribution in [2.75, 3.05) is 13.6 Å². The van der Waals surface area contributed by atoms with E-state index in [1.807, 2.05) is 26.0 Å². The predicted octanol–water partition coefficient (Wildman–Crippen LogP) is 2.41. The van der Waals surface area contributed by atoms with E-state index < -0.39 is 11.6 Å². The maximum atomic E-state index is 12.5. The van der Waals surface area contributed by atoms with Gasteiger partial charge in [-0.1, -0.05) is 37.6 Å². The number of carbonyl (C=O) groups is 3. The first-order chi connectivity index (χ1) is 11.3. The minimum atomic E-state index is -0.886. The molecule has 0 saturated carbocycles. The molecule has 6 nitrogen and oxygen atoms in total. The zero-order valence-electron chi connectivity index (χ0n) is 14.1. The summed E-state index contributed by atoms with van der Waals surface area (Å²) in [6, 6.07) is 6.70. The summed E-state index contributed by atoms with van der Waals surface area (Å²) in [4.78, 5) is 39.5. The number of hydrogen-bond acceptors (Lipinski definition) is 3. The summed E-state index contributed by atoms with van der Waals surface area (Å²) in [5, 5.41) is 3.31. The highest BCUT2D eigenvalue weighted by Crippen LogP contribution is 2.24. The van der Waals surface area contributed by atoms with Crippen molar-refractivity contribution in [1.82, 2.24) is 15.1 Å². The highest BCUT2D eigenvalue weighted by atomic mass is 35.5. The van der Waals surface area contributed by atoms with Crippen molar-refractivity contribution in [3.05, 3.63) is 34.9 Å². The summed E-state index contributed by atoms with van der Waals surface area (Å²) < 4.78 is 0. The van der Waals surface area contributed by atoms with Crippen LogP contribution in [0.5, 0.6) is 0 Å². The number of likely N-dealkylation sites (N-methyl/N-ethyl adjacent to an activating group) is 1. The first-order valence-corrected chi connectivity index (χ1v) is 8.33. The molecule has 24 heavy (non-hydrogen) atoms. The van der Waals surface area contributed by atoms with E-state index in [1.165, 1.54) is 4.90 Å². The second kappa shape index (κ2) is 7.21. The smallest absolute Gasteiger partial charge is 0.325 e. The molecule has 1 N–H and O–H groups in total. The maximum Gasteiger partial charge on any atom is 0.325 e. The third-order valence-corrected chi connectivity index (χ3v) is 4.72. The van der Waals surface area contributed by atoms with E-state index in [1.54, 1.807) is 19.2 Å². The summed E-state index contributed by atoms with van der Waals surface area (Å²) in [6.45, 7) is 3.79. The summed E-state index contributed by atoms with van der Waals surface area (Å²) >= 11 is 5.94. The first-order valence-electron chi connectivity index (χ1n) is 7.95. The van der Waals surface area contributed by atoms with Gasteiger partial charge in [-0.3, -0.25) is 14.5 Å². The van der Waals surface area contributed by atoms with Crippen molar-refractivity contribution in [3.63, 3.8) is 0 Å². The van der Waals surface area contributed by atoms with Crippen LogP contribution in [0.1, 0.15) is 32.3 Å². The van der Waals surface area contributed by atoms with Crippen LogP contribution in [0, 0.1) is 0 Å². The van der Waals surface area contributed by atoms with Gasteiger partial charge in [0.15, 0.2) is 0 Å². The average Bonchev–Trinajstić information content (AvgIpc) is 2.79. The highest BCUT2D eigenvalue weighted by Gasteiger charge is 2.49. The second-order valence-electron chi connectivity index (χ2n) is 5.99. The van der Waals surface area contributed by atoms with Crippen LogP contribution in [0.2, 0.25) is 5.02 Å². The summed E-state index contributed by atoms with van der Waals surface area (Å²) in [6.07, 6.45) is 0.994. The Balaban J connectivity index is 2.03. The fourth-order valence-corrected chi connectivity index (χ4v) is 3.02. The van der Waals surface area contributed by atoms with Crippen molar-refractivity contribution in [3.8, 4) is 0 Å². The molecule has 1 heterocycles. The van der Waals surface area contributed by atoms with Gasteiger partial charge < -0.3 is 10.2 Å².